The van der Waals surface area contributed by atoms with Gasteiger partial charge in [-0.15, -0.1) is 29.7 Å². The van der Waals surface area contributed by atoms with Gasteiger partial charge in [-0.3, -0.25) is 4.98 Å². The summed E-state index contributed by atoms with van der Waals surface area (Å²) < 4.78 is 11.1. The van der Waals surface area contributed by atoms with Crippen LogP contribution in [0.15, 0.2) is 134 Å². The molecule has 5 heterocycles. The number of aryl methyl sites for hydroxylation is 2. The minimum absolute atomic E-state index is 0. The van der Waals surface area contributed by atoms with Crippen molar-refractivity contribution in [3.63, 3.8) is 0 Å². The third-order valence-electron chi connectivity index (χ3n) is 10.7. The Balaban J connectivity index is 0.00000410. The van der Waals surface area contributed by atoms with Gasteiger partial charge in [0, 0.05) is 40.5 Å². The molecule has 0 aliphatic carbocycles. The number of benzene rings is 5. The van der Waals surface area contributed by atoms with Crippen LogP contribution < -0.4 is 4.74 Å². The Hall–Kier alpha value is -6.10. The quantitative estimate of drug-likeness (QED) is 0.128. The number of para-hydroxylation sites is 1. The molecule has 10 aromatic rings. The number of nitrogens with zero attached hydrogens (tertiary/aromatic N) is 5. The van der Waals surface area contributed by atoms with Crippen LogP contribution in [0.2, 0.25) is 0 Å². The van der Waals surface area contributed by atoms with E-state index in [1.54, 1.807) is 0 Å². The average molecular weight is 907 g/mol. The molecule has 0 radical (unpaired) electrons. The molecule has 0 spiro atoms. The van der Waals surface area contributed by atoms with E-state index in [1.165, 1.54) is 5.56 Å². The van der Waals surface area contributed by atoms with Crippen molar-refractivity contribution in [1.29, 1.82) is 0 Å². The Labute approximate surface area is 339 Å². The van der Waals surface area contributed by atoms with E-state index in [1.807, 2.05) is 30.6 Å². The third-order valence-corrected chi connectivity index (χ3v) is 10.7. The summed E-state index contributed by atoms with van der Waals surface area (Å²) in [5, 5.41) is 5.09. The summed E-state index contributed by atoms with van der Waals surface area (Å²) in [6.45, 7) is 11.0. The first-order valence-corrected chi connectivity index (χ1v) is 18.6. The number of imidazole rings is 1. The van der Waals surface area contributed by atoms with Gasteiger partial charge < -0.3 is 13.7 Å². The predicted octanol–water partition coefficient (Wildman–Crippen LogP) is 12.2. The fourth-order valence-corrected chi connectivity index (χ4v) is 7.93. The molecule has 5 aromatic carbocycles. The van der Waals surface area contributed by atoms with Crippen LogP contribution in [-0.4, -0.2) is 23.9 Å². The van der Waals surface area contributed by atoms with E-state index in [0.29, 0.717) is 11.5 Å². The molecule has 10 rings (SSSR count). The minimum Gasteiger partial charge on any atom is -0.503 e. The van der Waals surface area contributed by atoms with Crippen molar-refractivity contribution in [3.8, 4) is 39.8 Å². The van der Waals surface area contributed by atoms with Crippen LogP contribution in [0, 0.1) is 26.0 Å². The zero-order valence-electron chi connectivity index (χ0n) is 31.7. The number of hydrogen-bond donors (Lipinski definition) is 0. The average Bonchev–Trinajstić information content (AvgIpc) is 3.75. The maximum absolute atomic E-state index is 6.67. The van der Waals surface area contributed by atoms with Gasteiger partial charge in [-0.05, 0) is 71.0 Å². The van der Waals surface area contributed by atoms with E-state index in [0.717, 1.165) is 88.7 Å². The first kappa shape index (κ1) is 35.6. The molecule has 0 bridgehead atoms. The maximum Gasteiger partial charge on any atom is 2.00 e. The van der Waals surface area contributed by atoms with Gasteiger partial charge in [-0.2, -0.15) is 6.07 Å². The van der Waals surface area contributed by atoms with E-state index in [9.17, 15) is 0 Å². The molecule has 0 aliphatic heterocycles. The van der Waals surface area contributed by atoms with E-state index in [2.05, 4.69) is 159 Å². The number of fused-ring (bicyclic) bond motifs is 9. The third kappa shape index (κ3) is 5.70. The Morgan fingerprint density at radius 1 is 0.607 bits per heavy atom. The predicted molar refractivity (Wildman–Crippen MR) is 223 cm³/mol. The van der Waals surface area contributed by atoms with Crippen molar-refractivity contribution < 1.29 is 25.8 Å². The van der Waals surface area contributed by atoms with Gasteiger partial charge in [-0.1, -0.05) is 116 Å². The summed E-state index contributed by atoms with van der Waals surface area (Å²) in [7, 11) is 0. The monoisotopic (exact) mass is 906 g/mol. The molecule has 0 fully saturated rings. The smallest absolute Gasteiger partial charge is 0.503 e. The van der Waals surface area contributed by atoms with Crippen LogP contribution >= 0.6 is 0 Å². The van der Waals surface area contributed by atoms with Crippen LogP contribution in [0.25, 0.3) is 77.6 Å². The number of hydrogen-bond acceptors (Lipinski definition) is 4. The van der Waals surface area contributed by atoms with Crippen LogP contribution in [0.3, 0.4) is 0 Å². The summed E-state index contributed by atoms with van der Waals surface area (Å²) in [6, 6.07) is 49.2. The van der Waals surface area contributed by atoms with Crippen LogP contribution in [-0.2, 0) is 26.5 Å². The Morgan fingerprint density at radius 3 is 2.05 bits per heavy atom. The van der Waals surface area contributed by atoms with Crippen molar-refractivity contribution in [2.24, 2.45) is 0 Å². The van der Waals surface area contributed by atoms with Gasteiger partial charge in [0.1, 0.15) is 11.5 Å². The van der Waals surface area contributed by atoms with Gasteiger partial charge in [0.05, 0.1) is 17.0 Å². The minimum atomic E-state index is -0.0244. The second-order valence-electron chi connectivity index (χ2n) is 15.3. The molecular formula is C49H37N5OPt. The summed E-state index contributed by atoms with van der Waals surface area (Å²) in [4.78, 5) is 15.2. The number of ether oxygens (including phenoxy) is 1. The molecule has 0 amide bonds. The molecule has 0 unspecified atom stereocenters. The molecule has 0 atom stereocenters. The second kappa shape index (κ2) is 13.6. The van der Waals surface area contributed by atoms with Crippen molar-refractivity contribution in [2.45, 2.75) is 40.0 Å². The largest absolute Gasteiger partial charge is 2.00 e. The van der Waals surface area contributed by atoms with E-state index in [-0.39, 0.29) is 26.5 Å². The van der Waals surface area contributed by atoms with Gasteiger partial charge in [0.25, 0.3) is 0 Å². The zero-order valence-corrected chi connectivity index (χ0v) is 33.9. The van der Waals surface area contributed by atoms with Crippen LogP contribution in [0.1, 0.15) is 37.5 Å². The molecule has 0 saturated carbocycles. The van der Waals surface area contributed by atoms with E-state index >= 15 is 0 Å². The Kier molecular flexibility index (Phi) is 8.63. The first-order chi connectivity index (χ1) is 26.7. The van der Waals surface area contributed by atoms with Crippen molar-refractivity contribution in [3.05, 3.63) is 163 Å². The van der Waals surface area contributed by atoms with Crippen LogP contribution in [0.5, 0.6) is 11.5 Å². The SMILES string of the molecule is Cc1ccccc1-c1nc2c3[c-]c(Oc4[c-]c5c(cc4)c4ccccc4n5-c4cc(C(C)(C)C)ccn4)ccc3c3cccnc3n2c1-c1ccccc1C.[Pt+2]. The summed E-state index contributed by atoms with van der Waals surface area (Å²) in [6.07, 6.45) is 3.75. The molecule has 6 nitrogen and oxygen atoms in total. The zero-order chi connectivity index (χ0) is 37.4. The van der Waals surface area contributed by atoms with Crippen LogP contribution in [0.4, 0.5) is 0 Å². The molecular weight excluding hydrogens is 870 g/mol. The number of pyridine rings is 3. The summed E-state index contributed by atoms with van der Waals surface area (Å²) >= 11 is 0. The van der Waals surface area contributed by atoms with Gasteiger partial charge >= 0.3 is 21.1 Å². The number of aromatic nitrogens is 5. The van der Waals surface area contributed by atoms with E-state index in [4.69, 9.17) is 19.7 Å². The maximum atomic E-state index is 6.67. The second-order valence-corrected chi connectivity index (χ2v) is 15.3. The molecule has 0 N–H and O–H groups in total. The van der Waals surface area contributed by atoms with Crippen molar-refractivity contribution in [1.82, 2.24) is 23.9 Å². The van der Waals surface area contributed by atoms with Gasteiger partial charge in [0.2, 0.25) is 0 Å². The topological polar surface area (TPSA) is 57.2 Å². The fraction of sp³-hybridized carbons (Fsp3) is 0.122. The standard InChI is InChI=1S/C49H37N5O.Pt/c1-30-13-6-8-15-35(30)45-46(36-16-9-7-14-31(36)2)54-47-40(18-12-25-51-47)37-22-20-33(28-41(37)48(54)52-45)55-34-21-23-39-38-17-10-11-19-42(38)53(43(39)29-34)44-27-32(24-26-50-44)49(3,4)5;/h6-27H,1-5H3;/q-2;+2. The molecule has 0 saturated heterocycles. The first-order valence-electron chi connectivity index (χ1n) is 18.6. The summed E-state index contributed by atoms with van der Waals surface area (Å²) in [5.74, 6) is 2.00. The van der Waals surface area contributed by atoms with Gasteiger partial charge in [-0.25, -0.2) is 9.97 Å². The fourth-order valence-electron chi connectivity index (χ4n) is 7.93. The molecule has 5 aromatic heterocycles. The summed E-state index contributed by atoms with van der Waals surface area (Å²) in [5.41, 5.74) is 11.2. The van der Waals surface area contributed by atoms with Gasteiger partial charge in [0.15, 0.2) is 0 Å². The molecule has 274 valence electrons. The number of rotatable bonds is 5. The normalized spacial score (nSPS) is 11.9. The molecule has 56 heavy (non-hydrogen) atoms. The van der Waals surface area contributed by atoms with E-state index < -0.39 is 0 Å². The molecule has 0 aliphatic rings. The van der Waals surface area contributed by atoms with Crippen molar-refractivity contribution in [2.75, 3.05) is 0 Å². The van der Waals surface area contributed by atoms with Crippen molar-refractivity contribution >= 4 is 49.3 Å². The molecule has 7 heteroatoms. The Bertz CT molecular complexity index is 3150. The Morgan fingerprint density at radius 2 is 1.29 bits per heavy atom.